The Kier molecular flexibility index (Phi) is 3.89. The average Bonchev–Trinajstić information content (AvgIpc) is 2.73. The van der Waals surface area contributed by atoms with Gasteiger partial charge >= 0.3 is 0 Å². The molecule has 1 heterocycles. The summed E-state index contributed by atoms with van der Waals surface area (Å²) in [4.78, 5) is 4.66. The molecule has 0 spiro atoms. The van der Waals surface area contributed by atoms with E-state index in [0.29, 0.717) is 6.42 Å². The number of aryl methyl sites for hydroxylation is 1. The van der Waals surface area contributed by atoms with E-state index in [9.17, 15) is 0 Å². The van der Waals surface area contributed by atoms with Crippen LogP contribution in [0.2, 0.25) is 0 Å². The molecule has 0 aliphatic rings. The summed E-state index contributed by atoms with van der Waals surface area (Å²) in [5.74, 6) is 6.65. The summed E-state index contributed by atoms with van der Waals surface area (Å²) in [5, 5.41) is 0. The highest BCUT2D eigenvalue weighted by molar-refractivity contribution is 5.75. The zero-order valence-corrected chi connectivity index (χ0v) is 12.0. The Hall–Kier alpha value is -1.43. The number of rotatable bonds is 5. The van der Waals surface area contributed by atoms with E-state index in [1.165, 1.54) is 0 Å². The van der Waals surface area contributed by atoms with Gasteiger partial charge in [0.1, 0.15) is 5.82 Å². The van der Waals surface area contributed by atoms with Crippen LogP contribution >= 0.6 is 0 Å². The summed E-state index contributed by atoms with van der Waals surface area (Å²) < 4.78 is 7.60. The van der Waals surface area contributed by atoms with E-state index in [0.717, 1.165) is 16.9 Å². The molecule has 0 radical (unpaired) electrons. The summed E-state index contributed by atoms with van der Waals surface area (Å²) in [6.07, 6.45) is 0.711. The van der Waals surface area contributed by atoms with Gasteiger partial charge < -0.3 is 9.30 Å². The molecule has 5 heteroatoms. The van der Waals surface area contributed by atoms with Crippen molar-refractivity contribution in [1.29, 1.82) is 0 Å². The summed E-state index contributed by atoms with van der Waals surface area (Å²) in [7, 11) is 3.72. The van der Waals surface area contributed by atoms with Crippen LogP contribution in [0.4, 0.5) is 0 Å². The van der Waals surface area contributed by atoms with Crippen LogP contribution in [0.25, 0.3) is 11.0 Å². The predicted octanol–water partition coefficient (Wildman–Crippen LogP) is 1.37. The lowest BCUT2D eigenvalue weighted by atomic mass is 9.96. The third-order valence-corrected chi connectivity index (χ3v) is 3.83. The van der Waals surface area contributed by atoms with Gasteiger partial charge in [-0.1, -0.05) is 12.1 Å². The van der Waals surface area contributed by atoms with Gasteiger partial charge in [0, 0.05) is 20.6 Å². The summed E-state index contributed by atoms with van der Waals surface area (Å²) >= 11 is 0. The molecule has 1 aromatic carbocycles. The number of ether oxygens (including phenoxy) is 1. The van der Waals surface area contributed by atoms with Crippen LogP contribution in [0.1, 0.15) is 19.7 Å². The minimum atomic E-state index is -0.354. The standard InChI is InChI=1S/C14H22N4O/c1-14(2,19-4)12(17-15)9-13-16-10-7-5-6-8-11(10)18(13)3/h5-8,12,17H,9,15H2,1-4H3. The van der Waals surface area contributed by atoms with Crippen LogP contribution in [-0.4, -0.2) is 28.3 Å². The van der Waals surface area contributed by atoms with Crippen molar-refractivity contribution in [2.24, 2.45) is 12.9 Å². The van der Waals surface area contributed by atoms with Crippen LogP contribution in [0.15, 0.2) is 24.3 Å². The fraction of sp³-hybridized carbons (Fsp3) is 0.500. The second kappa shape index (κ2) is 5.28. The van der Waals surface area contributed by atoms with Crippen molar-refractivity contribution in [1.82, 2.24) is 15.0 Å². The molecule has 5 nitrogen and oxygen atoms in total. The highest BCUT2D eigenvalue weighted by atomic mass is 16.5. The number of nitrogens with one attached hydrogen (secondary N) is 1. The summed E-state index contributed by atoms with van der Waals surface area (Å²) in [5.41, 5.74) is 4.61. The number of nitrogens with zero attached hydrogens (tertiary/aromatic N) is 2. The van der Waals surface area contributed by atoms with Gasteiger partial charge in [-0.15, -0.1) is 0 Å². The molecule has 1 aromatic heterocycles. The topological polar surface area (TPSA) is 65.1 Å². The van der Waals surface area contributed by atoms with Crippen molar-refractivity contribution in [2.75, 3.05) is 7.11 Å². The number of para-hydroxylation sites is 2. The Morgan fingerprint density at radius 3 is 2.68 bits per heavy atom. The van der Waals surface area contributed by atoms with Gasteiger partial charge in [0.2, 0.25) is 0 Å². The second-order valence-corrected chi connectivity index (χ2v) is 5.31. The third kappa shape index (κ3) is 2.63. The Labute approximate surface area is 113 Å². The van der Waals surface area contributed by atoms with Crippen molar-refractivity contribution in [3.8, 4) is 0 Å². The minimum absolute atomic E-state index is 0.00647. The van der Waals surface area contributed by atoms with E-state index in [1.54, 1.807) is 7.11 Å². The first-order valence-electron chi connectivity index (χ1n) is 6.41. The average molecular weight is 262 g/mol. The molecule has 1 atom stereocenters. The number of methoxy groups -OCH3 is 1. The normalized spacial score (nSPS) is 13.9. The zero-order valence-electron chi connectivity index (χ0n) is 12.0. The fourth-order valence-corrected chi connectivity index (χ4v) is 2.21. The molecular weight excluding hydrogens is 240 g/mol. The Morgan fingerprint density at radius 1 is 1.42 bits per heavy atom. The smallest absolute Gasteiger partial charge is 0.111 e. The Morgan fingerprint density at radius 2 is 2.11 bits per heavy atom. The Bertz CT molecular complexity index is 562. The largest absolute Gasteiger partial charge is 0.377 e. The van der Waals surface area contributed by atoms with Gasteiger partial charge in [-0.2, -0.15) is 0 Å². The molecule has 0 aliphatic carbocycles. The molecule has 2 rings (SSSR count). The molecule has 0 bridgehead atoms. The van der Waals surface area contributed by atoms with Crippen molar-refractivity contribution in [3.63, 3.8) is 0 Å². The molecule has 104 valence electrons. The number of hydrazine groups is 1. The summed E-state index contributed by atoms with van der Waals surface area (Å²) in [6.45, 7) is 4.03. The van der Waals surface area contributed by atoms with Crippen molar-refractivity contribution in [3.05, 3.63) is 30.1 Å². The molecule has 0 saturated heterocycles. The molecular formula is C14H22N4O. The lowest BCUT2D eigenvalue weighted by molar-refractivity contribution is -0.0107. The second-order valence-electron chi connectivity index (χ2n) is 5.31. The van der Waals surface area contributed by atoms with Crippen molar-refractivity contribution in [2.45, 2.75) is 31.9 Å². The number of aromatic nitrogens is 2. The molecule has 0 fully saturated rings. The maximum Gasteiger partial charge on any atom is 0.111 e. The number of imidazole rings is 1. The van der Waals surface area contributed by atoms with Gasteiger partial charge in [-0.25, -0.2) is 4.98 Å². The van der Waals surface area contributed by atoms with Crippen LogP contribution in [0.3, 0.4) is 0 Å². The number of nitrogens with two attached hydrogens (primary N) is 1. The lowest BCUT2D eigenvalue weighted by Crippen LogP contribution is -2.52. The van der Waals surface area contributed by atoms with Crippen LogP contribution in [0, 0.1) is 0 Å². The summed E-state index contributed by atoms with van der Waals surface area (Å²) in [6, 6.07) is 8.10. The zero-order chi connectivity index (χ0) is 14.0. The van der Waals surface area contributed by atoms with Crippen molar-refractivity contribution < 1.29 is 4.74 Å². The first-order valence-corrected chi connectivity index (χ1v) is 6.41. The first kappa shape index (κ1) is 14.0. The first-order chi connectivity index (χ1) is 8.99. The van der Waals surface area contributed by atoms with Crippen LogP contribution in [-0.2, 0) is 18.2 Å². The molecule has 3 N–H and O–H groups in total. The van der Waals surface area contributed by atoms with E-state index in [2.05, 4.69) is 21.0 Å². The lowest BCUT2D eigenvalue weighted by Gasteiger charge is -2.32. The highest BCUT2D eigenvalue weighted by Gasteiger charge is 2.29. The van der Waals surface area contributed by atoms with E-state index in [4.69, 9.17) is 10.6 Å². The molecule has 19 heavy (non-hydrogen) atoms. The molecule has 1 unspecified atom stereocenters. The molecule has 0 saturated carbocycles. The van der Waals surface area contributed by atoms with Gasteiger partial charge in [0.05, 0.1) is 22.7 Å². The monoisotopic (exact) mass is 262 g/mol. The number of hydrogen-bond acceptors (Lipinski definition) is 4. The maximum atomic E-state index is 5.66. The SMILES string of the molecule is COC(C)(C)C(Cc1nc2ccccc2n1C)NN. The predicted molar refractivity (Wildman–Crippen MR) is 76.6 cm³/mol. The van der Waals surface area contributed by atoms with E-state index >= 15 is 0 Å². The molecule has 2 aromatic rings. The fourth-order valence-electron chi connectivity index (χ4n) is 2.21. The minimum Gasteiger partial charge on any atom is -0.377 e. The number of fused-ring (bicyclic) bond motifs is 1. The van der Waals surface area contributed by atoms with E-state index < -0.39 is 0 Å². The van der Waals surface area contributed by atoms with E-state index in [-0.39, 0.29) is 11.6 Å². The van der Waals surface area contributed by atoms with Crippen LogP contribution < -0.4 is 11.3 Å². The third-order valence-electron chi connectivity index (χ3n) is 3.83. The quantitative estimate of drug-likeness (QED) is 0.631. The highest BCUT2D eigenvalue weighted by Crippen LogP contribution is 2.20. The van der Waals surface area contributed by atoms with Crippen molar-refractivity contribution >= 4 is 11.0 Å². The van der Waals surface area contributed by atoms with Gasteiger partial charge in [0.25, 0.3) is 0 Å². The van der Waals surface area contributed by atoms with Gasteiger partial charge in [-0.05, 0) is 26.0 Å². The number of hydrogen-bond donors (Lipinski definition) is 2. The number of benzene rings is 1. The molecule has 0 amide bonds. The van der Waals surface area contributed by atoms with Gasteiger partial charge in [-0.3, -0.25) is 11.3 Å². The maximum absolute atomic E-state index is 5.66. The molecule has 0 aliphatic heterocycles. The van der Waals surface area contributed by atoms with Crippen LogP contribution in [0.5, 0.6) is 0 Å². The Balaban J connectivity index is 2.32. The van der Waals surface area contributed by atoms with E-state index in [1.807, 2.05) is 39.1 Å². The van der Waals surface area contributed by atoms with Gasteiger partial charge in [0.15, 0.2) is 0 Å².